The first-order chi connectivity index (χ1) is 10.0. The summed E-state index contributed by atoms with van der Waals surface area (Å²) in [6.07, 6.45) is 2.04. The molecular formula is C13H15BrN2O5. The zero-order chi connectivity index (χ0) is 15.4. The number of carbonyl (C=O) groups is 1. The van der Waals surface area contributed by atoms with E-state index < -0.39 is 16.9 Å². The normalized spacial score (nSPS) is 15.3. The van der Waals surface area contributed by atoms with Crippen molar-refractivity contribution in [2.24, 2.45) is 0 Å². The molecule has 0 radical (unpaired) electrons. The Morgan fingerprint density at radius 1 is 1.57 bits per heavy atom. The third-order valence-corrected chi connectivity index (χ3v) is 3.69. The summed E-state index contributed by atoms with van der Waals surface area (Å²) in [5.41, 5.74) is -0.0713. The number of nitrogens with zero attached hydrogens (tertiary/aromatic N) is 1. The second-order valence-corrected chi connectivity index (χ2v) is 5.55. The Morgan fingerprint density at radius 2 is 2.29 bits per heavy atom. The van der Waals surface area contributed by atoms with Gasteiger partial charge in [-0.15, -0.1) is 0 Å². The van der Waals surface area contributed by atoms with Crippen LogP contribution in [0.5, 0.6) is 5.75 Å². The van der Waals surface area contributed by atoms with Gasteiger partial charge in [0.2, 0.25) is 0 Å². The molecule has 1 aromatic rings. The first-order valence-electron chi connectivity index (χ1n) is 6.42. The van der Waals surface area contributed by atoms with Gasteiger partial charge in [-0.25, -0.2) is 0 Å². The van der Waals surface area contributed by atoms with Crippen molar-refractivity contribution in [3.8, 4) is 5.75 Å². The fraction of sp³-hybridized carbons (Fsp3) is 0.462. The monoisotopic (exact) mass is 358 g/mol. The number of non-ortho nitro benzene ring substituents is 1. The van der Waals surface area contributed by atoms with Crippen LogP contribution in [0.15, 0.2) is 22.7 Å². The summed E-state index contributed by atoms with van der Waals surface area (Å²) >= 11 is 3.26. The van der Waals surface area contributed by atoms with Crippen LogP contribution in [-0.4, -0.2) is 36.7 Å². The minimum absolute atomic E-state index is 0.0446. The highest BCUT2D eigenvalue weighted by atomic mass is 79.9. The predicted molar refractivity (Wildman–Crippen MR) is 78.3 cm³/mol. The molecule has 1 aromatic carbocycles. The van der Waals surface area contributed by atoms with Crippen LogP contribution in [0.25, 0.3) is 0 Å². The maximum Gasteiger partial charge on any atom is 0.326 e. The average Bonchev–Trinajstić information content (AvgIpc) is 3.27. The van der Waals surface area contributed by atoms with E-state index in [0.29, 0.717) is 16.3 Å². The summed E-state index contributed by atoms with van der Waals surface area (Å²) in [6.45, 7) is 0.0446. The number of ether oxygens (including phenoxy) is 2. The van der Waals surface area contributed by atoms with Crippen LogP contribution in [0.3, 0.4) is 0 Å². The summed E-state index contributed by atoms with van der Waals surface area (Å²) in [5.74, 6) is -0.0980. The number of nitro groups is 1. The quantitative estimate of drug-likeness (QED) is 0.455. The molecule has 0 saturated heterocycles. The van der Waals surface area contributed by atoms with E-state index in [0.717, 1.165) is 12.8 Å². The maximum absolute atomic E-state index is 11.7. The lowest BCUT2D eigenvalue weighted by atomic mass is 10.3. The van der Waals surface area contributed by atoms with E-state index in [-0.39, 0.29) is 12.3 Å². The Balaban J connectivity index is 2.03. The van der Waals surface area contributed by atoms with E-state index in [4.69, 9.17) is 9.47 Å². The molecule has 21 heavy (non-hydrogen) atoms. The Labute approximate surface area is 129 Å². The molecule has 7 nitrogen and oxygen atoms in total. The Hall–Kier alpha value is -1.67. The SMILES string of the molecule is COC(=O)C(COc1cc([N+](=O)[O-])ccc1Br)NC1CC1. The lowest BCUT2D eigenvalue weighted by molar-refractivity contribution is -0.385. The van der Waals surface area contributed by atoms with Crippen LogP contribution in [0.1, 0.15) is 12.8 Å². The van der Waals surface area contributed by atoms with E-state index in [2.05, 4.69) is 21.2 Å². The number of nitro benzene ring substituents is 1. The first-order valence-corrected chi connectivity index (χ1v) is 7.21. The Morgan fingerprint density at radius 3 is 2.86 bits per heavy atom. The number of hydrogen-bond donors (Lipinski definition) is 1. The van der Waals surface area contributed by atoms with Crippen LogP contribution in [0.4, 0.5) is 5.69 Å². The van der Waals surface area contributed by atoms with Crippen molar-refractivity contribution < 1.29 is 19.2 Å². The molecule has 1 aliphatic rings. The highest BCUT2D eigenvalue weighted by molar-refractivity contribution is 9.10. The first kappa shape index (κ1) is 15.7. The summed E-state index contributed by atoms with van der Waals surface area (Å²) in [6, 6.07) is 3.95. The predicted octanol–water partition coefficient (Wildman–Crippen LogP) is 2.03. The number of esters is 1. The number of nitrogens with one attached hydrogen (secondary N) is 1. The van der Waals surface area contributed by atoms with Gasteiger partial charge >= 0.3 is 5.97 Å². The van der Waals surface area contributed by atoms with Crippen LogP contribution in [-0.2, 0) is 9.53 Å². The molecule has 0 aliphatic heterocycles. The van der Waals surface area contributed by atoms with Crippen LogP contribution >= 0.6 is 15.9 Å². The lowest BCUT2D eigenvalue weighted by Gasteiger charge is -2.17. The molecule has 1 unspecified atom stereocenters. The maximum atomic E-state index is 11.7. The summed E-state index contributed by atoms with van der Waals surface area (Å²) < 4.78 is 10.8. The smallest absolute Gasteiger partial charge is 0.326 e. The minimum Gasteiger partial charge on any atom is -0.490 e. The fourth-order valence-corrected chi connectivity index (χ4v) is 2.11. The van der Waals surface area contributed by atoms with Crippen molar-refractivity contribution in [3.05, 3.63) is 32.8 Å². The fourth-order valence-electron chi connectivity index (χ4n) is 1.75. The lowest BCUT2D eigenvalue weighted by Crippen LogP contribution is -2.43. The van der Waals surface area contributed by atoms with Gasteiger partial charge in [0, 0.05) is 12.1 Å². The zero-order valence-corrected chi connectivity index (χ0v) is 13.0. The van der Waals surface area contributed by atoms with Crippen molar-refractivity contribution in [3.63, 3.8) is 0 Å². The van der Waals surface area contributed by atoms with Crippen molar-refractivity contribution in [2.45, 2.75) is 24.9 Å². The van der Waals surface area contributed by atoms with Crippen molar-refractivity contribution in [2.75, 3.05) is 13.7 Å². The van der Waals surface area contributed by atoms with Crippen molar-refractivity contribution >= 4 is 27.6 Å². The molecule has 1 atom stereocenters. The van der Waals surface area contributed by atoms with Gasteiger partial charge in [0.1, 0.15) is 18.4 Å². The zero-order valence-electron chi connectivity index (χ0n) is 11.4. The van der Waals surface area contributed by atoms with Gasteiger partial charge in [-0.2, -0.15) is 0 Å². The van der Waals surface area contributed by atoms with Crippen molar-refractivity contribution in [1.82, 2.24) is 5.32 Å². The van der Waals surface area contributed by atoms with Gasteiger partial charge < -0.3 is 9.47 Å². The second kappa shape index (κ2) is 6.86. The van der Waals surface area contributed by atoms with E-state index in [1.54, 1.807) is 0 Å². The van der Waals surface area contributed by atoms with Crippen LogP contribution in [0, 0.1) is 10.1 Å². The number of carbonyl (C=O) groups excluding carboxylic acids is 1. The standard InChI is InChI=1S/C13H15BrN2O5/c1-20-13(17)11(15-8-2-3-8)7-21-12-6-9(16(18)19)4-5-10(12)14/h4-6,8,11,15H,2-3,7H2,1H3. The molecule has 0 aromatic heterocycles. The Bertz CT molecular complexity index is 547. The number of methoxy groups -OCH3 is 1. The van der Waals surface area contributed by atoms with E-state index in [1.165, 1.54) is 25.3 Å². The third kappa shape index (κ3) is 4.40. The molecule has 1 N–H and O–H groups in total. The number of benzene rings is 1. The Kier molecular flexibility index (Phi) is 5.13. The summed E-state index contributed by atoms with van der Waals surface area (Å²) in [4.78, 5) is 21.9. The number of rotatable bonds is 7. The van der Waals surface area contributed by atoms with Gasteiger partial charge in [0.15, 0.2) is 0 Å². The second-order valence-electron chi connectivity index (χ2n) is 4.70. The van der Waals surface area contributed by atoms with E-state index >= 15 is 0 Å². The molecular weight excluding hydrogens is 344 g/mol. The molecule has 0 amide bonds. The van der Waals surface area contributed by atoms with Crippen molar-refractivity contribution in [1.29, 1.82) is 0 Å². The minimum atomic E-state index is -0.589. The summed E-state index contributed by atoms with van der Waals surface area (Å²) in [7, 11) is 1.31. The molecule has 2 rings (SSSR count). The summed E-state index contributed by atoms with van der Waals surface area (Å²) in [5, 5.41) is 13.9. The van der Waals surface area contributed by atoms with Gasteiger partial charge in [-0.05, 0) is 34.8 Å². The van der Waals surface area contributed by atoms with Gasteiger partial charge in [-0.1, -0.05) is 0 Å². The number of hydrogen-bond acceptors (Lipinski definition) is 6. The molecule has 1 fully saturated rings. The van der Waals surface area contributed by atoms with Crippen LogP contribution < -0.4 is 10.1 Å². The van der Waals surface area contributed by atoms with E-state index in [1.807, 2.05) is 0 Å². The molecule has 0 bridgehead atoms. The van der Waals surface area contributed by atoms with E-state index in [9.17, 15) is 14.9 Å². The average molecular weight is 359 g/mol. The topological polar surface area (TPSA) is 90.7 Å². The van der Waals surface area contributed by atoms with Gasteiger partial charge in [0.25, 0.3) is 5.69 Å². The molecule has 8 heteroatoms. The molecule has 0 heterocycles. The molecule has 0 spiro atoms. The third-order valence-electron chi connectivity index (χ3n) is 3.03. The molecule has 1 saturated carbocycles. The number of halogens is 1. The van der Waals surface area contributed by atoms with Gasteiger partial charge in [-0.3, -0.25) is 20.2 Å². The largest absolute Gasteiger partial charge is 0.490 e. The highest BCUT2D eigenvalue weighted by Gasteiger charge is 2.29. The molecule has 114 valence electrons. The van der Waals surface area contributed by atoms with Crippen LogP contribution in [0.2, 0.25) is 0 Å². The molecule has 1 aliphatic carbocycles. The highest BCUT2D eigenvalue weighted by Crippen LogP contribution is 2.29. The van der Waals surface area contributed by atoms with Gasteiger partial charge in [0.05, 0.1) is 22.6 Å².